The van der Waals surface area contributed by atoms with Crippen LogP contribution in [0.2, 0.25) is 0 Å². The molecule has 0 bridgehead atoms. The molecule has 0 radical (unpaired) electrons. The molecule has 110 valence electrons. The van der Waals surface area contributed by atoms with Crippen LogP contribution < -0.4 is 14.8 Å². The highest BCUT2D eigenvalue weighted by Gasteiger charge is 2.27. The van der Waals surface area contributed by atoms with E-state index >= 15 is 0 Å². The van der Waals surface area contributed by atoms with Gasteiger partial charge in [-0.1, -0.05) is 6.07 Å². The molecule has 1 unspecified atom stereocenters. The molecule has 1 N–H and O–H groups in total. The summed E-state index contributed by atoms with van der Waals surface area (Å²) < 4.78 is 33.8. The zero-order valence-corrected chi connectivity index (χ0v) is 12.1. The molecule has 1 saturated heterocycles. The van der Waals surface area contributed by atoms with E-state index in [0.717, 1.165) is 30.9 Å². The molecule has 0 saturated carbocycles. The van der Waals surface area contributed by atoms with Gasteiger partial charge in [0.15, 0.2) is 21.3 Å². The van der Waals surface area contributed by atoms with E-state index in [2.05, 4.69) is 5.32 Å². The van der Waals surface area contributed by atoms with Crippen LogP contribution in [0, 0.1) is 0 Å². The van der Waals surface area contributed by atoms with E-state index in [9.17, 15) is 8.42 Å². The number of fused-ring (bicyclic) bond motifs is 1. The van der Waals surface area contributed by atoms with Crippen molar-refractivity contribution in [1.82, 2.24) is 5.32 Å². The third-order valence-corrected chi connectivity index (χ3v) is 5.45. The third kappa shape index (κ3) is 3.24. The summed E-state index contributed by atoms with van der Waals surface area (Å²) in [5.74, 6) is 2.19. The second-order valence-electron chi connectivity index (χ2n) is 5.28. The Morgan fingerprint density at radius 3 is 2.75 bits per heavy atom. The maximum absolute atomic E-state index is 11.4. The Bertz CT molecular complexity index is 585. The molecule has 3 rings (SSSR count). The summed E-state index contributed by atoms with van der Waals surface area (Å²) in [6.45, 7) is 1.97. The minimum absolute atomic E-state index is 0.109. The standard InChI is InChI=1S/C14H19NO4S/c16-20(17)8-4-12(10-20)15-5-3-11-1-2-13-14(9-11)19-7-6-18-13/h1-2,9,12,15H,3-8,10H2. The highest BCUT2D eigenvalue weighted by atomic mass is 32.2. The quantitative estimate of drug-likeness (QED) is 0.889. The summed E-state index contributed by atoms with van der Waals surface area (Å²) in [6, 6.07) is 6.07. The van der Waals surface area contributed by atoms with Crippen molar-refractivity contribution in [3.8, 4) is 11.5 Å². The molecule has 5 nitrogen and oxygen atoms in total. The molecule has 0 aromatic heterocycles. The van der Waals surface area contributed by atoms with Crippen LogP contribution in [-0.2, 0) is 16.3 Å². The Labute approximate surface area is 119 Å². The lowest BCUT2D eigenvalue weighted by molar-refractivity contribution is 0.171. The van der Waals surface area contributed by atoms with Gasteiger partial charge in [0, 0.05) is 6.04 Å². The van der Waals surface area contributed by atoms with Crippen molar-refractivity contribution in [3.63, 3.8) is 0 Å². The predicted octanol–water partition coefficient (Wildman–Crippen LogP) is 0.777. The van der Waals surface area contributed by atoms with Crippen LogP contribution in [0.3, 0.4) is 0 Å². The maximum atomic E-state index is 11.4. The first-order chi connectivity index (χ1) is 9.62. The number of nitrogens with one attached hydrogen (secondary N) is 1. The first-order valence-electron chi connectivity index (χ1n) is 6.95. The van der Waals surface area contributed by atoms with E-state index in [4.69, 9.17) is 9.47 Å². The zero-order chi connectivity index (χ0) is 14.0. The average molecular weight is 297 g/mol. The van der Waals surface area contributed by atoms with Crippen molar-refractivity contribution in [2.24, 2.45) is 0 Å². The minimum Gasteiger partial charge on any atom is -0.486 e. The van der Waals surface area contributed by atoms with E-state index in [1.165, 1.54) is 5.56 Å². The first kappa shape index (κ1) is 13.7. The summed E-state index contributed by atoms with van der Waals surface area (Å²) in [6.07, 6.45) is 1.58. The highest BCUT2D eigenvalue weighted by Crippen LogP contribution is 2.30. The SMILES string of the molecule is O=S1(=O)CCC(NCCc2ccc3c(c2)OCCO3)C1. The summed E-state index contributed by atoms with van der Waals surface area (Å²) >= 11 is 0. The van der Waals surface area contributed by atoms with Gasteiger partial charge in [-0.05, 0) is 37.1 Å². The van der Waals surface area contributed by atoms with Crippen LogP contribution in [0.1, 0.15) is 12.0 Å². The van der Waals surface area contributed by atoms with E-state index in [1.54, 1.807) is 0 Å². The molecular formula is C14H19NO4S. The van der Waals surface area contributed by atoms with Gasteiger partial charge in [-0.25, -0.2) is 8.42 Å². The summed E-state index contributed by atoms with van der Waals surface area (Å²) in [5, 5.41) is 3.31. The van der Waals surface area contributed by atoms with E-state index < -0.39 is 9.84 Å². The van der Waals surface area contributed by atoms with Crippen molar-refractivity contribution in [1.29, 1.82) is 0 Å². The largest absolute Gasteiger partial charge is 0.486 e. The normalized spacial score (nSPS) is 23.7. The van der Waals surface area contributed by atoms with Crippen molar-refractivity contribution in [2.45, 2.75) is 18.9 Å². The van der Waals surface area contributed by atoms with Gasteiger partial charge in [0.25, 0.3) is 0 Å². The van der Waals surface area contributed by atoms with Gasteiger partial charge in [0.05, 0.1) is 11.5 Å². The third-order valence-electron chi connectivity index (χ3n) is 3.69. The van der Waals surface area contributed by atoms with Gasteiger partial charge in [-0.15, -0.1) is 0 Å². The number of benzene rings is 1. The molecule has 1 aromatic rings. The monoisotopic (exact) mass is 297 g/mol. The van der Waals surface area contributed by atoms with Crippen LogP contribution in [0.5, 0.6) is 11.5 Å². The molecule has 6 heteroatoms. The summed E-state index contributed by atoms with van der Waals surface area (Å²) in [5.41, 5.74) is 1.17. The van der Waals surface area contributed by atoms with Crippen LogP contribution >= 0.6 is 0 Å². The van der Waals surface area contributed by atoms with Crippen LogP contribution in [0.25, 0.3) is 0 Å². The van der Waals surface area contributed by atoms with E-state index in [0.29, 0.717) is 19.0 Å². The Balaban J connectivity index is 1.51. The molecule has 2 heterocycles. The van der Waals surface area contributed by atoms with Gasteiger partial charge >= 0.3 is 0 Å². The molecule has 0 amide bonds. The topological polar surface area (TPSA) is 64.6 Å². The minimum atomic E-state index is -2.80. The van der Waals surface area contributed by atoms with Gasteiger partial charge in [-0.3, -0.25) is 0 Å². The van der Waals surface area contributed by atoms with Gasteiger partial charge in [-0.2, -0.15) is 0 Å². The van der Waals surface area contributed by atoms with Crippen molar-refractivity contribution in [3.05, 3.63) is 23.8 Å². The van der Waals surface area contributed by atoms with Crippen molar-refractivity contribution >= 4 is 9.84 Å². The highest BCUT2D eigenvalue weighted by molar-refractivity contribution is 7.91. The van der Waals surface area contributed by atoms with Crippen LogP contribution in [0.4, 0.5) is 0 Å². The zero-order valence-electron chi connectivity index (χ0n) is 11.3. The van der Waals surface area contributed by atoms with E-state index in [1.807, 2.05) is 18.2 Å². The average Bonchev–Trinajstić information content (AvgIpc) is 2.78. The Hall–Kier alpha value is -1.27. The van der Waals surface area contributed by atoms with Crippen LogP contribution in [0.15, 0.2) is 18.2 Å². The Kier molecular flexibility index (Phi) is 3.85. The fourth-order valence-corrected chi connectivity index (χ4v) is 4.33. The van der Waals surface area contributed by atoms with Crippen molar-refractivity contribution < 1.29 is 17.9 Å². The molecule has 1 fully saturated rings. The first-order valence-corrected chi connectivity index (χ1v) is 8.77. The van der Waals surface area contributed by atoms with Gasteiger partial charge < -0.3 is 14.8 Å². The molecule has 0 spiro atoms. The van der Waals surface area contributed by atoms with Gasteiger partial charge in [0.1, 0.15) is 13.2 Å². The molecule has 2 aliphatic heterocycles. The van der Waals surface area contributed by atoms with Crippen molar-refractivity contribution in [2.75, 3.05) is 31.3 Å². The maximum Gasteiger partial charge on any atom is 0.161 e. The second kappa shape index (κ2) is 5.61. The fourth-order valence-electron chi connectivity index (χ4n) is 2.62. The molecule has 1 aromatic carbocycles. The Morgan fingerprint density at radius 2 is 2.00 bits per heavy atom. The van der Waals surface area contributed by atoms with Crippen LogP contribution in [-0.4, -0.2) is 45.7 Å². The number of hydrogen-bond acceptors (Lipinski definition) is 5. The van der Waals surface area contributed by atoms with Gasteiger partial charge in [0.2, 0.25) is 0 Å². The lowest BCUT2D eigenvalue weighted by Gasteiger charge is -2.19. The number of sulfone groups is 1. The lowest BCUT2D eigenvalue weighted by Crippen LogP contribution is -2.31. The molecule has 20 heavy (non-hydrogen) atoms. The fraction of sp³-hybridized carbons (Fsp3) is 0.571. The Morgan fingerprint density at radius 1 is 1.20 bits per heavy atom. The molecule has 0 aliphatic carbocycles. The summed E-state index contributed by atoms with van der Waals surface area (Å²) in [7, 11) is -2.80. The molecule has 1 atom stereocenters. The number of ether oxygens (including phenoxy) is 2. The molecule has 2 aliphatic rings. The van der Waals surface area contributed by atoms with E-state index in [-0.39, 0.29) is 11.8 Å². The smallest absolute Gasteiger partial charge is 0.161 e. The second-order valence-corrected chi connectivity index (χ2v) is 7.51. The lowest BCUT2D eigenvalue weighted by atomic mass is 10.1. The predicted molar refractivity (Wildman–Crippen MR) is 76.2 cm³/mol. The number of hydrogen-bond donors (Lipinski definition) is 1. The number of rotatable bonds is 4. The summed E-state index contributed by atoms with van der Waals surface area (Å²) in [4.78, 5) is 0. The molecular weight excluding hydrogens is 278 g/mol.